The first-order valence-electron chi connectivity index (χ1n) is 8.09. The lowest BCUT2D eigenvalue weighted by atomic mass is 9.94. The molecule has 122 valence electrons. The van der Waals surface area contributed by atoms with Crippen molar-refractivity contribution in [1.29, 1.82) is 0 Å². The second-order valence-corrected chi connectivity index (χ2v) is 6.20. The van der Waals surface area contributed by atoms with E-state index in [0.29, 0.717) is 17.6 Å². The highest BCUT2D eigenvalue weighted by Crippen LogP contribution is 2.26. The number of fused-ring (bicyclic) bond motifs is 1. The largest absolute Gasteiger partial charge is 0.338 e. The number of hydrogen-bond acceptors (Lipinski definition) is 5. The summed E-state index contributed by atoms with van der Waals surface area (Å²) in [6.45, 7) is 3.38. The average Bonchev–Trinajstić information content (AvgIpc) is 3.09. The standard InChI is InChI=1S/C17H18N6O/c1-11-8-18-9-16(19-11)13-3-2-6-23(10-13)17(24)12-4-5-14-15(7-12)21-22-20-14/h4-5,7-9,13H,2-3,6,10H2,1H3,(H,20,21,22)/t13-/m0/s1. The lowest BCUT2D eigenvalue weighted by molar-refractivity contribution is 0.0706. The Bertz CT molecular complexity index is 889. The minimum Gasteiger partial charge on any atom is -0.338 e. The highest BCUT2D eigenvalue weighted by molar-refractivity contribution is 5.97. The van der Waals surface area contributed by atoms with E-state index in [1.165, 1.54) is 0 Å². The van der Waals surface area contributed by atoms with Crippen LogP contribution in [0.15, 0.2) is 30.6 Å². The molecule has 3 aromatic rings. The fourth-order valence-corrected chi connectivity index (χ4v) is 3.24. The van der Waals surface area contributed by atoms with Crippen LogP contribution in [0.2, 0.25) is 0 Å². The molecule has 0 bridgehead atoms. The summed E-state index contributed by atoms with van der Waals surface area (Å²) >= 11 is 0. The van der Waals surface area contributed by atoms with Crippen LogP contribution in [0.5, 0.6) is 0 Å². The van der Waals surface area contributed by atoms with Crippen molar-refractivity contribution in [3.05, 3.63) is 47.5 Å². The number of H-pyrrole nitrogens is 1. The summed E-state index contributed by atoms with van der Waals surface area (Å²) in [5, 5.41) is 10.6. The summed E-state index contributed by atoms with van der Waals surface area (Å²) in [5.41, 5.74) is 4.00. The summed E-state index contributed by atoms with van der Waals surface area (Å²) in [7, 11) is 0. The van der Waals surface area contributed by atoms with Crippen LogP contribution in [0.4, 0.5) is 0 Å². The molecule has 1 saturated heterocycles. The molecule has 3 heterocycles. The Balaban J connectivity index is 1.55. The average molecular weight is 322 g/mol. The Kier molecular flexibility index (Phi) is 3.68. The molecule has 24 heavy (non-hydrogen) atoms. The molecule has 1 aromatic carbocycles. The smallest absolute Gasteiger partial charge is 0.253 e. The Labute approximate surface area is 139 Å². The topological polar surface area (TPSA) is 87.7 Å². The second kappa shape index (κ2) is 5.99. The summed E-state index contributed by atoms with van der Waals surface area (Å²) < 4.78 is 0. The van der Waals surface area contributed by atoms with Crippen molar-refractivity contribution >= 4 is 16.9 Å². The van der Waals surface area contributed by atoms with Gasteiger partial charge >= 0.3 is 0 Å². The molecular formula is C17H18N6O. The highest BCUT2D eigenvalue weighted by Gasteiger charge is 2.26. The lowest BCUT2D eigenvalue weighted by Crippen LogP contribution is -2.39. The number of aromatic amines is 1. The van der Waals surface area contributed by atoms with Gasteiger partial charge in [-0.25, -0.2) is 0 Å². The summed E-state index contributed by atoms with van der Waals surface area (Å²) in [6.07, 6.45) is 5.57. The number of benzene rings is 1. The molecule has 0 radical (unpaired) electrons. The minimum atomic E-state index is 0.0326. The van der Waals surface area contributed by atoms with Crippen molar-refractivity contribution in [3.63, 3.8) is 0 Å². The molecule has 4 rings (SSSR count). The van der Waals surface area contributed by atoms with E-state index in [1.807, 2.05) is 30.2 Å². The van der Waals surface area contributed by atoms with Gasteiger partial charge in [-0.1, -0.05) is 0 Å². The predicted molar refractivity (Wildman–Crippen MR) is 88.5 cm³/mol. The van der Waals surface area contributed by atoms with Crippen LogP contribution in [0, 0.1) is 6.92 Å². The third kappa shape index (κ3) is 2.73. The maximum absolute atomic E-state index is 12.8. The third-order valence-corrected chi connectivity index (χ3v) is 4.46. The van der Waals surface area contributed by atoms with Crippen molar-refractivity contribution in [2.24, 2.45) is 0 Å². The number of piperidine rings is 1. The minimum absolute atomic E-state index is 0.0326. The number of hydrogen-bond donors (Lipinski definition) is 1. The van der Waals surface area contributed by atoms with Gasteiger partial charge in [0.15, 0.2) is 0 Å². The van der Waals surface area contributed by atoms with Crippen LogP contribution in [-0.4, -0.2) is 49.3 Å². The normalized spacial score (nSPS) is 18.0. The zero-order valence-electron chi connectivity index (χ0n) is 13.4. The number of carbonyl (C=O) groups is 1. The van der Waals surface area contributed by atoms with Crippen molar-refractivity contribution in [1.82, 2.24) is 30.3 Å². The van der Waals surface area contributed by atoms with E-state index in [-0.39, 0.29) is 11.8 Å². The Morgan fingerprint density at radius 2 is 2.12 bits per heavy atom. The summed E-state index contributed by atoms with van der Waals surface area (Å²) in [4.78, 5) is 23.5. The van der Waals surface area contributed by atoms with Gasteiger partial charge in [0.2, 0.25) is 0 Å². The number of aryl methyl sites for hydroxylation is 1. The molecule has 0 unspecified atom stereocenters. The van der Waals surface area contributed by atoms with Gasteiger partial charge in [-0.3, -0.25) is 14.8 Å². The monoisotopic (exact) mass is 322 g/mol. The SMILES string of the molecule is Cc1cncc([C@H]2CCCN(C(=O)c3ccc4n[nH]nc4c3)C2)n1. The van der Waals surface area contributed by atoms with Crippen LogP contribution in [0.1, 0.15) is 40.5 Å². The first-order valence-corrected chi connectivity index (χ1v) is 8.09. The van der Waals surface area contributed by atoms with Crippen LogP contribution >= 0.6 is 0 Å². The number of rotatable bonds is 2. The number of carbonyl (C=O) groups excluding carboxylic acids is 1. The first-order chi connectivity index (χ1) is 11.7. The maximum Gasteiger partial charge on any atom is 0.253 e. The molecule has 1 amide bonds. The van der Waals surface area contributed by atoms with Crippen molar-refractivity contribution < 1.29 is 4.79 Å². The van der Waals surface area contributed by atoms with Gasteiger partial charge < -0.3 is 4.90 Å². The molecule has 1 atom stereocenters. The van der Waals surface area contributed by atoms with Gasteiger partial charge in [0, 0.05) is 37.0 Å². The number of likely N-dealkylation sites (tertiary alicyclic amines) is 1. The molecule has 0 aliphatic carbocycles. The molecule has 1 aliphatic heterocycles. The Morgan fingerprint density at radius 3 is 3.00 bits per heavy atom. The van der Waals surface area contributed by atoms with Gasteiger partial charge in [-0.15, -0.1) is 0 Å². The molecular weight excluding hydrogens is 304 g/mol. The molecule has 2 aromatic heterocycles. The fourth-order valence-electron chi connectivity index (χ4n) is 3.24. The number of nitrogens with zero attached hydrogens (tertiary/aromatic N) is 5. The zero-order chi connectivity index (χ0) is 16.5. The Hall–Kier alpha value is -2.83. The second-order valence-electron chi connectivity index (χ2n) is 6.20. The summed E-state index contributed by atoms with van der Waals surface area (Å²) in [6, 6.07) is 5.42. The molecule has 7 heteroatoms. The van der Waals surface area contributed by atoms with E-state index in [2.05, 4.69) is 25.4 Å². The summed E-state index contributed by atoms with van der Waals surface area (Å²) in [5.74, 6) is 0.274. The van der Waals surface area contributed by atoms with Gasteiger partial charge in [-0.05, 0) is 38.0 Å². The number of nitrogens with one attached hydrogen (secondary N) is 1. The molecule has 7 nitrogen and oxygen atoms in total. The van der Waals surface area contributed by atoms with Crippen molar-refractivity contribution in [2.75, 3.05) is 13.1 Å². The third-order valence-electron chi connectivity index (χ3n) is 4.46. The Morgan fingerprint density at radius 1 is 1.25 bits per heavy atom. The maximum atomic E-state index is 12.8. The van der Waals surface area contributed by atoms with E-state index in [1.54, 1.807) is 12.3 Å². The van der Waals surface area contributed by atoms with E-state index in [0.717, 1.165) is 36.3 Å². The highest BCUT2D eigenvalue weighted by atomic mass is 16.2. The number of amides is 1. The van der Waals surface area contributed by atoms with Gasteiger partial charge in [0.1, 0.15) is 11.0 Å². The van der Waals surface area contributed by atoms with Crippen LogP contribution in [0.3, 0.4) is 0 Å². The van der Waals surface area contributed by atoms with E-state index in [9.17, 15) is 4.79 Å². The molecule has 1 aliphatic rings. The van der Waals surface area contributed by atoms with E-state index >= 15 is 0 Å². The van der Waals surface area contributed by atoms with Gasteiger partial charge in [0.25, 0.3) is 5.91 Å². The van der Waals surface area contributed by atoms with E-state index in [4.69, 9.17) is 0 Å². The number of aromatic nitrogens is 5. The fraction of sp³-hybridized carbons (Fsp3) is 0.353. The molecule has 1 N–H and O–H groups in total. The predicted octanol–water partition coefficient (Wildman–Crippen LogP) is 2.08. The lowest BCUT2D eigenvalue weighted by Gasteiger charge is -2.32. The molecule has 0 spiro atoms. The van der Waals surface area contributed by atoms with Gasteiger partial charge in [-0.2, -0.15) is 15.4 Å². The molecule has 1 fully saturated rings. The first kappa shape index (κ1) is 14.7. The molecule has 0 saturated carbocycles. The van der Waals surface area contributed by atoms with Crippen molar-refractivity contribution in [3.8, 4) is 0 Å². The van der Waals surface area contributed by atoms with Gasteiger partial charge in [0.05, 0.1) is 11.4 Å². The quantitative estimate of drug-likeness (QED) is 0.780. The van der Waals surface area contributed by atoms with Crippen LogP contribution in [0.25, 0.3) is 11.0 Å². The van der Waals surface area contributed by atoms with Crippen LogP contribution < -0.4 is 0 Å². The van der Waals surface area contributed by atoms with Crippen molar-refractivity contribution in [2.45, 2.75) is 25.7 Å². The van der Waals surface area contributed by atoms with Crippen LogP contribution in [-0.2, 0) is 0 Å². The van der Waals surface area contributed by atoms with E-state index < -0.39 is 0 Å². The zero-order valence-corrected chi connectivity index (χ0v) is 13.4.